The molecule has 0 bridgehead atoms. The quantitative estimate of drug-likeness (QED) is 0.480. The Bertz CT molecular complexity index is 673. The number of esters is 1. The number of carbonyl (C=O) groups is 1. The monoisotopic (exact) mass is 315 g/mol. The Kier molecular flexibility index (Phi) is 5.71. The molecule has 23 heavy (non-hydrogen) atoms. The molecule has 5 heteroatoms. The van der Waals surface area contributed by atoms with E-state index in [0.29, 0.717) is 12.3 Å². The molecule has 0 aliphatic rings. The van der Waals surface area contributed by atoms with Gasteiger partial charge in [0.25, 0.3) is 0 Å². The van der Waals surface area contributed by atoms with Crippen molar-refractivity contribution in [3.05, 3.63) is 53.8 Å². The average Bonchev–Trinajstić information content (AvgIpc) is 3.04. The van der Waals surface area contributed by atoms with Gasteiger partial charge in [0.15, 0.2) is 5.76 Å². The van der Waals surface area contributed by atoms with Crippen molar-refractivity contribution in [2.45, 2.75) is 32.8 Å². The number of aliphatic hydroxyl groups is 1. The van der Waals surface area contributed by atoms with Gasteiger partial charge in [0.1, 0.15) is 11.8 Å². The average molecular weight is 315 g/mol. The molecule has 0 aliphatic heterocycles. The number of hydrogen-bond acceptors (Lipinski definition) is 5. The molecule has 5 nitrogen and oxygen atoms in total. The third kappa shape index (κ3) is 4.29. The number of rotatable bonds is 7. The Morgan fingerprint density at radius 2 is 2.09 bits per heavy atom. The lowest BCUT2D eigenvalue weighted by molar-refractivity contribution is -0.140. The van der Waals surface area contributed by atoms with E-state index in [0.717, 1.165) is 24.0 Å². The molecule has 0 fully saturated rings. The summed E-state index contributed by atoms with van der Waals surface area (Å²) in [5.41, 5.74) is 2.54. The van der Waals surface area contributed by atoms with Crippen LogP contribution in [0.5, 0.6) is 0 Å². The van der Waals surface area contributed by atoms with E-state index in [1.165, 1.54) is 0 Å². The summed E-state index contributed by atoms with van der Waals surface area (Å²) in [4.78, 5) is 11.8. The fraction of sp³-hybridized carbons (Fsp3) is 0.333. The molecule has 0 aliphatic carbocycles. The molecule has 2 rings (SSSR count). The fourth-order valence-corrected chi connectivity index (χ4v) is 1.96. The first-order chi connectivity index (χ1) is 11.0. The van der Waals surface area contributed by atoms with E-state index in [9.17, 15) is 9.90 Å². The van der Waals surface area contributed by atoms with Gasteiger partial charge in [0.2, 0.25) is 0 Å². The maximum absolute atomic E-state index is 11.8. The van der Waals surface area contributed by atoms with Crippen molar-refractivity contribution in [1.82, 2.24) is 5.16 Å². The molecule has 1 unspecified atom stereocenters. The zero-order chi connectivity index (χ0) is 16.8. The maximum atomic E-state index is 11.8. The van der Waals surface area contributed by atoms with Crippen LogP contribution in [0.25, 0.3) is 11.3 Å². The smallest absolute Gasteiger partial charge is 0.336 e. The van der Waals surface area contributed by atoms with Gasteiger partial charge in [-0.15, -0.1) is 0 Å². The molecular weight excluding hydrogens is 294 g/mol. The van der Waals surface area contributed by atoms with E-state index in [4.69, 9.17) is 9.26 Å². The van der Waals surface area contributed by atoms with Gasteiger partial charge in [-0.1, -0.05) is 54.9 Å². The number of carbonyl (C=O) groups excluding carboxylic acids is 1. The van der Waals surface area contributed by atoms with E-state index in [2.05, 4.69) is 11.7 Å². The van der Waals surface area contributed by atoms with Crippen molar-refractivity contribution in [3.63, 3.8) is 0 Å². The summed E-state index contributed by atoms with van der Waals surface area (Å²) < 4.78 is 10.2. The SMILES string of the molecule is C=C(C(=O)OCCCC)C(O)c1cc(-c2ccc(C)cc2)no1. The van der Waals surface area contributed by atoms with Crippen LogP contribution in [0, 0.1) is 6.92 Å². The van der Waals surface area contributed by atoms with Crippen LogP contribution < -0.4 is 0 Å². The molecule has 1 aromatic heterocycles. The van der Waals surface area contributed by atoms with E-state index in [1.54, 1.807) is 6.07 Å². The number of benzene rings is 1. The van der Waals surface area contributed by atoms with Crippen molar-refractivity contribution < 1.29 is 19.2 Å². The second-order valence-electron chi connectivity index (χ2n) is 5.40. The first-order valence-corrected chi connectivity index (χ1v) is 7.60. The van der Waals surface area contributed by atoms with Crippen LogP contribution in [0.4, 0.5) is 0 Å². The van der Waals surface area contributed by atoms with Crippen LogP contribution in [-0.2, 0) is 9.53 Å². The molecule has 0 spiro atoms. The maximum Gasteiger partial charge on any atom is 0.336 e. The predicted molar refractivity (Wildman–Crippen MR) is 86.6 cm³/mol. The number of aliphatic hydroxyl groups excluding tert-OH is 1. The summed E-state index contributed by atoms with van der Waals surface area (Å²) in [6.45, 7) is 7.90. The molecule has 0 amide bonds. The van der Waals surface area contributed by atoms with Crippen molar-refractivity contribution in [1.29, 1.82) is 0 Å². The molecule has 1 aromatic carbocycles. The molecule has 0 saturated carbocycles. The van der Waals surface area contributed by atoms with E-state index in [1.807, 2.05) is 38.1 Å². The number of unbranched alkanes of at least 4 members (excludes halogenated alkanes) is 1. The second kappa shape index (κ2) is 7.74. The second-order valence-corrected chi connectivity index (χ2v) is 5.40. The molecule has 0 saturated heterocycles. The zero-order valence-corrected chi connectivity index (χ0v) is 13.4. The van der Waals surface area contributed by atoms with Gasteiger partial charge in [-0.05, 0) is 13.3 Å². The normalized spacial score (nSPS) is 12.0. The zero-order valence-electron chi connectivity index (χ0n) is 13.4. The molecule has 1 heterocycles. The highest BCUT2D eigenvalue weighted by Gasteiger charge is 2.23. The van der Waals surface area contributed by atoms with Crippen molar-refractivity contribution in [2.24, 2.45) is 0 Å². The predicted octanol–water partition coefficient (Wildman–Crippen LogP) is 3.58. The van der Waals surface area contributed by atoms with Crippen molar-refractivity contribution >= 4 is 5.97 Å². The lowest BCUT2D eigenvalue weighted by Crippen LogP contribution is -2.14. The first-order valence-electron chi connectivity index (χ1n) is 7.60. The molecule has 1 N–H and O–H groups in total. The summed E-state index contributed by atoms with van der Waals surface area (Å²) in [7, 11) is 0. The fourth-order valence-electron chi connectivity index (χ4n) is 1.96. The minimum atomic E-state index is -1.27. The number of aromatic nitrogens is 1. The third-order valence-corrected chi connectivity index (χ3v) is 3.47. The van der Waals surface area contributed by atoms with Crippen LogP contribution in [0.15, 0.2) is 47.0 Å². The summed E-state index contributed by atoms with van der Waals surface area (Å²) >= 11 is 0. The van der Waals surface area contributed by atoms with E-state index in [-0.39, 0.29) is 11.3 Å². The van der Waals surface area contributed by atoms with Gasteiger partial charge in [-0.2, -0.15) is 0 Å². The van der Waals surface area contributed by atoms with Crippen LogP contribution >= 0.6 is 0 Å². The Hall–Kier alpha value is -2.40. The molecule has 1 atom stereocenters. The minimum absolute atomic E-state index is 0.0623. The van der Waals surface area contributed by atoms with Gasteiger partial charge in [0, 0.05) is 11.6 Å². The number of aryl methyl sites for hydroxylation is 1. The van der Waals surface area contributed by atoms with Crippen LogP contribution in [0.3, 0.4) is 0 Å². The Morgan fingerprint density at radius 1 is 1.39 bits per heavy atom. The van der Waals surface area contributed by atoms with Gasteiger partial charge in [0.05, 0.1) is 12.2 Å². The summed E-state index contributed by atoms with van der Waals surface area (Å²) in [6.07, 6.45) is 0.426. The molecule has 2 aromatic rings. The molecular formula is C18H21NO4. The molecule has 0 radical (unpaired) electrons. The summed E-state index contributed by atoms with van der Waals surface area (Å²) in [5, 5.41) is 14.1. The van der Waals surface area contributed by atoms with E-state index < -0.39 is 12.1 Å². The Labute approximate surface area is 135 Å². The highest BCUT2D eigenvalue weighted by molar-refractivity contribution is 5.89. The number of hydrogen-bond donors (Lipinski definition) is 1. The minimum Gasteiger partial charge on any atom is -0.462 e. The van der Waals surface area contributed by atoms with Crippen molar-refractivity contribution in [2.75, 3.05) is 6.61 Å². The van der Waals surface area contributed by atoms with Crippen molar-refractivity contribution in [3.8, 4) is 11.3 Å². The van der Waals surface area contributed by atoms with Crippen LogP contribution in [0.2, 0.25) is 0 Å². The summed E-state index contributed by atoms with van der Waals surface area (Å²) in [5.74, 6) is -0.461. The largest absolute Gasteiger partial charge is 0.462 e. The lowest BCUT2D eigenvalue weighted by atomic mass is 10.1. The lowest BCUT2D eigenvalue weighted by Gasteiger charge is -2.10. The standard InChI is InChI=1S/C18H21NO4/c1-4-5-10-22-18(21)13(3)17(20)16-11-15(19-23-16)14-8-6-12(2)7-9-14/h6-9,11,17,20H,3-5,10H2,1-2H3. The van der Waals surface area contributed by atoms with Gasteiger partial charge < -0.3 is 14.4 Å². The van der Waals surface area contributed by atoms with E-state index >= 15 is 0 Å². The third-order valence-electron chi connectivity index (χ3n) is 3.47. The highest BCUT2D eigenvalue weighted by Crippen LogP contribution is 2.26. The Balaban J connectivity index is 2.05. The number of nitrogens with zero attached hydrogens (tertiary/aromatic N) is 1. The van der Waals surface area contributed by atoms with Crippen LogP contribution in [-0.4, -0.2) is 22.8 Å². The van der Waals surface area contributed by atoms with Gasteiger partial charge >= 0.3 is 5.97 Å². The van der Waals surface area contributed by atoms with Gasteiger partial charge in [-0.3, -0.25) is 0 Å². The number of ether oxygens (including phenoxy) is 1. The first kappa shape index (κ1) is 17.0. The van der Waals surface area contributed by atoms with Crippen LogP contribution in [0.1, 0.15) is 37.2 Å². The molecule has 122 valence electrons. The summed E-state index contributed by atoms with van der Waals surface area (Å²) in [6, 6.07) is 9.35. The topological polar surface area (TPSA) is 72.6 Å². The highest BCUT2D eigenvalue weighted by atomic mass is 16.5. The van der Waals surface area contributed by atoms with Gasteiger partial charge in [-0.25, -0.2) is 4.79 Å². The Morgan fingerprint density at radius 3 is 2.74 bits per heavy atom.